The number of nitrogens with one attached hydrogen (secondary N) is 1. The molecule has 3 aromatic rings. The SMILES string of the molecule is CCCCCCCc1ccc(CCC(NS(=O)(=O)c2ccc(Cl)cc2)c2ccc(CCCC(=O)O)cc2)cc1. The average Bonchev–Trinajstić information content (AvgIpc) is 2.92. The zero-order valence-electron chi connectivity index (χ0n) is 22.7. The van der Waals surface area contributed by atoms with E-state index in [9.17, 15) is 13.2 Å². The predicted octanol–water partition coefficient (Wildman–Crippen LogP) is 7.91. The van der Waals surface area contributed by atoms with E-state index in [0.717, 1.165) is 24.0 Å². The molecule has 0 heterocycles. The van der Waals surface area contributed by atoms with Crippen molar-refractivity contribution >= 4 is 27.6 Å². The van der Waals surface area contributed by atoms with E-state index in [1.807, 2.05) is 24.3 Å². The highest BCUT2D eigenvalue weighted by Gasteiger charge is 2.21. The highest BCUT2D eigenvalue weighted by molar-refractivity contribution is 7.89. The van der Waals surface area contributed by atoms with Gasteiger partial charge in [-0.25, -0.2) is 13.1 Å². The Morgan fingerprint density at radius 2 is 1.31 bits per heavy atom. The molecule has 0 radical (unpaired) electrons. The number of hydrogen-bond acceptors (Lipinski definition) is 3. The number of unbranched alkanes of at least 4 members (excludes halogenated alkanes) is 4. The van der Waals surface area contributed by atoms with E-state index >= 15 is 0 Å². The van der Waals surface area contributed by atoms with Crippen molar-refractivity contribution in [1.82, 2.24) is 4.72 Å². The van der Waals surface area contributed by atoms with Crippen molar-refractivity contribution in [3.05, 3.63) is 100 Å². The molecule has 1 atom stereocenters. The molecule has 0 spiro atoms. The molecule has 0 aromatic heterocycles. The lowest BCUT2D eigenvalue weighted by molar-refractivity contribution is -0.137. The maximum atomic E-state index is 13.2. The van der Waals surface area contributed by atoms with Gasteiger partial charge < -0.3 is 5.11 Å². The number of hydrogen-bond donors (Lipinski definition) is 2. The van der Waals surface area contributed by atoms with Gasteiger partial charge in [0, 0.05) is 17.5 Å². The molecule has 2 N–H and O–H groups in total. The van der Waals surface area contributed by atoms with Gasteiger partial charge >= 0.3 is 5.97 Å². The van der Waals surface area contributed by atoms with E-state index < -0.39 is 22.0 Å². The molecule has 0 aliphatic carbocycles. The quantitative estimate of drug-likeness (QED) is 0.162. The molecule has 0 amide bonds. The summed E-state index contributed by atoms with van der Waals surface area (Å²) >= 11 is 5.96. The lowest BCUT2D eigenvalue weighted by Gasteiger charge is -2.20. The number of benzene rings is 3. The molecule has 1 unspecified atom stereocenters. The van der Waals surface area contributed by atoms with E-state index in [1.54, 1.807) is 12.1 Å². The molecule has 0 fully saturated rings. The van der Waals surface area contributed by atoms with E-state index in [0.29, 0.717) is 24.3 Å². The average molecular weight is 570 g/mol. The lowest BCUT2D eigenvalue weighted by atomic mass is 9.97. The van der Waals surface area contributed by atoms with E-state index in [2.05, 4.69) is 35.9 Å². The van der Waals surface area contributed by atoms with Gasteiger partial charge in [-0.05, 0) is 85.0 Å². The van der Waals surface area contributed by atoms with Crippen LogP contribution in [0.5, 0.6) is 0 Å². The van der Waals surface area contributed by atoms with Gasteiger partial charge in [-0.3, -0.25) is 4.79 Å². The van der Waals surface area contributed by atoms with Gasteiger partial charge in [0.1, 0.15) is 0 Å². The molecule has 5 nitrogen and oxygen atoms in total. The molecule has 0 aliphatic rings. The fraction of sp³-hybridized carbons (Fsp3) is 0.406. The fourth-order valence-corrected chi connectivity index (χ4v) is 6.02. The van der Waals surface area contributed by atoms with Crippen molar-refractivity contribution in [3.8, 4) is 0 Å². The molecular weight excluding hydrogens is 530 g/mol. The van der Waals surface area contributed by atoms with Crippen LogP contribution < -0.4 is 4.72 Å². The van der Waals surface area contributed by atoms with Crippen LogP contribution in [-0.4, -0.2) is 19.5 Å². The largest absolute Gasteiger partial charge is 0.481 e. The standard InChI is InChI=1S/C32H40ClNO4S/c1-2-3-4-5-6-8-25-11-13-27(14-12-25)17-24-31(34-39(37,38)30-22-20-29(33)21-23-30)28-18-15-26(16-19-28)9-7-10-32(35)36/h11-16,18-23,31,34H,2-10,17,24H2,1H3,(H,35,36). The fourth-order valence-electron chi connectivity index (χ4n) is 4.64. The van der Waals surface area contributed by atoms with Gasteiger partial charge in [0.05, 0.1) is 4.90 Å². The van der Waals surface area contributed by atoms with Crippen LogP contribution in [0.15, 0.2) is 77.7 Å². The molecule has 0 bridgehead atoms. The van der Waals surface area contributed by atoms with Crippen LogP contribution in [0.2, 0.25) is 5.02 Å². The van der Waals surface area contributed by atoms with Gasteiger partial charge in [-0.15, -0.1) is 0 Å². The predicted molar refractivity (Wildman–Crippen MR) is 159 cm³/mol. The van der Waals surface area contributed by atoms with Crippen molar-refractivity contribution in [1.29, 1.82) is 0 Å². The van der Waals surface area contributed by atoms with Gasteiger partial charge in [0.25, 0.3) is 0 Å². The van der Waals surface area contributed by atoms with Crippen molar-refractivity contribution in [2.75, 3.05) is 0 Å². The third-order valence-electron chi connectivity index (χ3n) is 6.97. The van der Waals surface area contributed by atoms with Crippen molar-refractivity contribution in [2.24, 2.45) is 0 Å². The zero-order valence-corrected chi connectivity index (χ0v) is 24.3. The first-order valence-corrected chi connectivity index (χ1v) is 15.8. The van der Waals surface area contributed by atoms with Crippen molar-refractivity contribution in [3.63, 3.8) is 0 Å². The van der Waals surface area contributed by atoms with Crippen molar-refractivity contribution in [2.45, 2.75) is 88.5 Å². The minimum absolute atomic E-state index is 0.128. The van der Waals surface area contributed by atoms with Crippen molar-refractivity contribution < 1.29 is 18.3 Å². The Morgan fingerprint density at radius 1 is 0.769 bits per heavy atom. The minimum atomic E-state index is -3.76. The summed E-state index contributed by atoms with van der Waals surface area (Å²) in [4.78, 5) is 11.0. The maximum Gasteiger partial charge on any atom is 0.303 e. The highest BCUT2D eigenvalue weighted by atomic mass is 35.5. The van der Waals surface area contributed by atoms with Gasteiger partial charge in [0.15, 0.2) is 0 Å². The Kier molecular flexibility index (Phi) is 12.5. The summed E-state index contributed by atoms with van der Waals surface area (Å²) in [6, 6.07) is 22.2. The normalized spacial score (nSPS) is 12.4. The van der Waals surface area contributed by atoms with Crippen LogP contribution in [-0.2, 0) is 34.1 Å². The first-order valence-electron chi connectivity index (χ1n) is 13.9. The lowest BCUT2D eigenvalue weighted by Crippen LogP contribution is -2.29. The summed E-state index contributed by atoms with van der Waals surface area (Å²) in [5.74, 6) is -0.803. The topological polar surface area (TPSA) is 83.5 Å². The second-order valence-electron chi connectivity index (χ2n) is 10.1. The van der Waals surface area contributed by atoms with Crippen LogP contribution in [0.1, 0.15) is 86.6 Å². The molecule has 0 saturated carbocycles. The van der Waals surface area contributed by atoms with Gasteiger partial charge in [-0.1, -0.05) is 92.7 Å². The highest BCUT2D eigenvalue weighted by Crippen LogP contribution is 2.24. The summed E-state index contributed by atoms with van der Waals surface area (Å²) in [7, 11) is -3.76. The Bertz CT molecular complexity index is 1260. The Balaban J connectivity index is 1.69. The van der Waals surface area contributed by atoms with E-state index in [4.69, 9.17) is 16.7 Å². The zero-order chi connectivity index (χ0) is 28.1. The van der Waals surface area contributed by atoms with Crippen LogP contribution >= 0.6 is 11.6 Å². The number of carbonyl (C=O) groups is 1. The second-order valence-corrected chi connectivity index (χ2v) is 12.3. The summed E-state index contributed by atoms with van der Waals surface area (Å²) in [5.41, 5.74) is 4.42. The van der Waals surface area contributed by atoms with Crippen LogP contribution in [0, 0.1) is 0 Å². The number of sulfonamides is 1. The molecule has 39 heavy (non-hydrogen) atoms. The summed E-state index contributed by atoms with van der Waals surface area (Å²) in [6.45, 7) is 2.23. The first kappa shape index (κ1) is 30.9. The number of carboxylic acid groups (broad SMARTS) is 1. The molecule has 7 heteroatoms. The molecule has 210 valence electrons. The first-order chi connectivity index (χ1) is 18.8. The van der Waals surface area contributed by atoms with Crippen LogP contribution in [0.4, 0.5) is 0 Å². The number of aliphatic carboxylic acids is 1. The Morgan fingerprint density at radius 3 is 1.90 bits per heavy atom. The molecule has 3 aromatic carbocycles. The van der Waals surface area contributed by atoms with Gasteiger partial charge in [-0.2, -0.15) is 0 Å². The van der Waals surface area contributed by atoms with Crippen LogP contribution in [0.25, 0.3) is 0 Å². The number of aryl methyl sites for hydroxylation is 3. The summed E-state index contributed by atoms with van der Waals surface area (Å²) in [5, 5.41) is 9.37. The molecule has 0 saturated heterocycles. The number of halogens is 1. The third-order valence-corrected chi connectivity index (χ3v) is 8.71. The molecule has 0 aliphatic heterocycles. The third kappa shape index (κ3) is 10.8. The maximum absolute atomic E-state index is 13.2. The van der Waals surface area contributed by atoms with E-state index in [-0.39, 0.29) is 11.3 Å². The summed E-state index contributed by atoms with van der Waals surface area (Å²) < 4.78 is 29.3. The van der Waals surface area contributed by atoms with Crippen LogP contribution in [0.3, 0.4) is 0 Å². The van der Waals surface area contributed by atoms with E-state index in [1.165, 1.54) is 55.4 Å². The minimum Gasteiger partial charge on any atom is -0.481 e. The smallest absolute Gasteiger partial charge is 0.303 e. The molecule has 3 rings (SSSR count). The Hall–Kier alpha value is -2.67. The molecular formula is C32H40ClNO4S. The summed E-state index contributed by atoms with van der Waals surface area (Å²) in [6.07, 6.45) is 10.1. The van der Waals surface area contributed by atoms with Gasteiger partial charge in [0.2, 0.25) is 10.0 Å². The number of carboxylic acids is 1. The Labute approximate surface area is 238 Å². The number of rotatable bonds is 17. The monoisotopic (exact) mass is 569 g/mol. The second kappa shape index (κ2) is 15.8.